The third-order valence-corrected chi connectivity index (χ3v) is 4.95. The second kappa shape index (κ2) is 8.92. The van der Waals surface area contributed by atoms with Crippen molar-refractivity contribution in [2.75, 3.05) is 19.6 Å². The number of nitrogens with zero attached hydrogens (tertiary/aromatic N) is 1. The topological polar surface area (TPSA) is 54.7 Å². The van der Waals surface area contributed by atoms with E-state index < -0.39 is 6.10 Å². The summed E-state index contributed by atoms with van der Waals surface area (Å²) in [6, 6.07) is 18.0. The summed E-state index contributed by atoms with van der Waals surface area (Å²) in [7, 11) is 0. The van der Waals surface area contributed by atoms with Crippen molar-refractivity contribution in [1.29, 1.82) is 0 Å². The van der Waals surface area contributed by atoms with Gasteiger partial charge in [0, 0.05) is 37.2 Å². The van der Waals surface area contributed by atoms with E-state index in [1.165, 1.54) is 6.07 Å². The molecule has 0 spiro atoms. The molecule has 2 aromatic carbocycles. The first-order valence-corrected chi connectivity index (χ1v) is 9.69. The molecule has 1 aliphatic rings. The van der Waals surface area contributed by atoms with Crippen molar-refractivity contribution in [3.63, 3.8) is 0 Å². The molecular formula is C23H23FN2O3. The predicted octanol–water partition coefficient (Wildman–Crippen LogP) is 3.71. The second-order valence-corrected chi connectivity index (χ2v) is 7.08. The van der Waals surface area contributed by atoms with E-state index >= 15 is 0 Å². The summed E-state index contributed by atoms with van der Waals surface area (Å²) < 4.78 is 25.8. The van der Waals surface area contributed by atoms with E-state index in [-0.39, 0.29) is 18.3 Å². The molecule has 1 N–H and O–H groups in total. The number of ether oxygens (including phenoxy) is 1. The number of halogens is 1. The average molecular weight is 394 g/mol. The summed E-state index contributed by atoms with van der Waals surface area (Å²) in [5, 5.41) is 2.92. The molecule has 1 atom stereocenters. The molecule has 0 saturated heterocycles. The maximum atomic E-state index is 14.4. The Kier molecular flexibility index (Phi) is 5.91. The van der Waals surface area contributed by atoms with Crippen molar-refractivity contribution in [3.05, 3.63) is 89.6 Å². The van der Waals surface area contributed by atoms with Crippen LogP contribution in [0.3, 0.4) is 0 Å². The molecule has 0 fully saturated rings. The lowest BCUT2D eigenvalue weighted by molar-refractivity contribution is -0.122. The van der Waals surface area contributed by atoms with Crippen LogP contribution in [0.15, 0.2) is 71.3 Å². The van der Waals surface area contributed by atoms with Gasteiger partial charge in [0.15, 0.2) is 0 Å². The molecule has 0 bridgehead atoms. The molecule has 5 nitrogen and oxygen atoms in total. The van der Waals surface area contributed by atoms with Gasteiger partial charge in [-0.2, -0.15) is 0 Å². The van der Waals surface area contributed by atoms with Crippen LogP contribution in [-0.4, -0.2) is 30.4 Å². The Bertz CT molecular complexity index is 958. The number of hydrogen-bond acceptors (Lipinski definition) is 4. The Morgan fingerprint density at radius 3 is 2.76 bits per heavy atom. The highest BCUT2D eigenvalue weighted by Gasteiger charge is 2.27. The quantitative estimate of drug-likeness (QED) is 0.693. The molecule has 3 aromatic rings. The van der Waals surface area contributed by atoms with Crippen LogP contribution in [0.2, 0.25) is 0 Å². The van der Waals surface area contributed by atoms with Crippen molar-refractivity contribution in [2.24, 2.45) is 0 Å². The third kappa shape index (κ3) is 4.84. The Morgan fingerprint density at radius 1 is 1.10 bits per heavy atom. The molecular weight excluding hydrogens is 371 g/mol. The minimum atomic E-state index is -0.490. The molecule has 1 amide bonds. The highest BCUT2D eigenvalue weighted by molar-refractivity contribution is 5.78. The first kappa shape index (κ1) is 19.2. The Hall–Kier alpha value is -3.12. The maximum Gasteiger partial charge on any atom is 0.234 e. The summed E-state index contributed by atoms with van der Waals surface area (Å²) >= 11 is 0. The van der Waals surface area contributed by atoms with E-state index in [1.807, 2.05) is 41.3 Å². The Labute approximate surface area is 169 Å². The first-order chi connectivity index (χ1) is 14.2. The van der Waals surface area contributed by atoms with Crippen molar-refractivity contribution in [1.82, 2.24) is 10.2 Å². The second-order valence-electron chi connectivity index (χ2n) is 7.08. The number of amides is 1. The van der Waals surface area contributed by atoms with E-state index in [0.29, 0.717) is 31.6 Å². The van der Waals surface area contributed by atoms with Crippen LogP contribution >= 0.6 is 0 Å². The fourth-order valence-corrected chi connectivity index (χ4v) is 3.54. The molecule has 0 aliphatic carbocycles. The van der Waals surface area contributed by atoms with Gasteiger partial charge in [0.1, 0.15) is 23.4 Å². The number of carbonyl (C=O) groups is 1. The summed E-state index contributed by atoms with van der Waals surface area (Å²) in [6.07, 6.45) is 1.77. The smallest absolute Gasteiger partial charge is 0.234 e. The van der Waals surface area contributed by atoms with Gasteiger partial charge >= 0.3 is 0 Å². The molecule has 2 heterocycles. The van der Waals surface area contributed by atoms with E-state index in [0.717, 1.165) is 17.1 Å². The molecule has 150 valence electrons. The fraction of sp³-hybridized carbons (Fsp3) is 0.261. The number of carbonyl (C=O) groups excluding carboxylic acids is 1. The molecule has 1 unspecified atom stereocenters. The summed E-state index contributed by atoms with van der Waals surface area (Å²) in [5.41, 5.74) is 1.47. The molecule has 1 aromatic heterocycles. The van der Waals surface area contributed by atoms with Gasteiger partial charge in [0.2, 0.25) is 5.91 Å². The molecule has 4 rings (SSSR count). The van der Waals surface area contributed by atoms with Crippen molar-refractivity contribution in [2.45, 2.75) is 19.1 Å². The lowest BCUT2D eigenvalue weighted by Gasteiger charge is -2.24. The van der Waals surface area contributed by atoms with Gasteiger partial charge in [-0.25, -0.2) is 4.39 Å². The average Bonchev–Trinajstić information content (AvgIpc) is 3.16. The zero-order chi connectivity index (χ0) is 20.1. The lowest BCUT2D eigenvalue weighted by atomic mass is 10.1. The monoisotopic (exact) mass is 394 g/mol. The minimum Gasteiger partial charge on any atom is -0.484 e. The highest BCUT2D eigenvalue weighted by Crippen LogP contribution is 2.31. The molecule has 29 heavy (non-hydrogen) atoms. The zero-order valence-corrected chi connectivity index (χ0v) is 16.0. The highest BCUT2D eigenvalue weighted by atomic mass is 19.1. The first-order valence-electron chi connectivity index (χ1n) is 9.69. The van der Waals surface area contributed by atoms with Gasteiger partial charge in [0.25, 0.3) is 0 Å². The maximum absolute atomic E-state index is 14.4. The van der Waals surface area contributed by atoms with Gasteiger partial charge in [-0.1, -0.05) is 36.4 Å². The van der Waals surface area contributed by atoms with Gasteiger partial charge in [-0.15, -0.1) is 0 Å². The number of fused-ring (bicyclic) bond motifs is 1. The largest absolute Gasteiger partial charge is 0.484 e. The SMILES string of the molecule is O=C(CN1Cc2ccccc2OC(c2ccccc2F)C1)NCCc1ccco1. The fourth-order valence-electron chi connectivity index (χ4n) is 3.54. The number of para-hydroxylation sites is 1. The van der Waals surface area contributed by atoms with Crippen LogP contribution in [0.1, 0.15) is 23.0 Å². The molecule has 0 radical (unpaired) electrons. The van der Waals surface area contributed by atoms with E-state index in [9.17, 15) is 9.18 Å². The third-order valence-electron chi connectivity index (χ3n) is 4.95. The van der Waals surface area contributed by atoms with Crippen LogP contribution in [0.4, 0.5) is 4.39 Å². The van der Waals surface area contributed by atoms with Gasteiger partial charge in [0.05, 0.1) is 12.8 Å². The number of furan rings is 1. The standard InChI is InChI=1S/C23H23FN2O3/c24-20-9-3-2-8-19(20)22-15-26(14-17-6-1-4-10-21(17)29-22)16-23(27)25-12-11-18-7-5-13-28-18/h1-10,13,22H,11-12,14-16H2,(H,25,27). The predicted molar refractivity (Wildman–Crippen MR) is 107 cm³/mol. The van der Waals surface area contributed by atoms with E-state index in [4.69, 9.17) is 9.15 Å². The van der Waals surface area contributed by atoms with Crippen molar-refractivity contribution < 1.29 is 18.3 Å². The van der Waals surface area contributed by atoms with Gasteiger partial charge in [-0.3, -0.25) is 9.69 Å². The molecule has 1 aliphatic heterocycles. The molecule has 6 heteroatoms. The zero-order valence-electron chi connectivity index (χ0n) is 16.0. The van der Waals surface area contributed by atoms with Crippen LogP contribution in [-0.2, 0) is 17.8 Å². The number of benzene rings is 2. The van der Waals surface area contributed by atoms with E-state index in [1.54, 1.807) is 24.5 Å². The normalized spacial score (nSPS) is 16.5. The lowest BCUT2D eigenvalue weighted by Crippen LogP contribution is -2.39. The Balaban J connectivity index is 1.45. The van der Waals surface area contributed by atoms with Crippen molar-refractivity contribution >= 4 is 5.91 Å². The van der Waals surface area contributed by atoms with Crippen LogP contribution < -0.4 is 10.1 Å². The van der Waals surface area contributed by atoms with E-state index in [2.05, 4.69) is 5.32 Å². The molecule has 0 saturated carbocycles. The van der Waals surface area contributed by atoms with Gasteiger partial charge < -0.3 is 14.5 Å². The van der Waals surface area contributed by atoms with Crippen LogP contribution in [0.5, 0.6) is 5.75 Å². The van der Waals surface area contributed by atoms with Crippen LogP contribution in [0.25, 0.3) is 0 Å². The summed E-state index contributed by atoms with van der Waals surface area (Å²) in [6.45, 7) is 1.69. The Morgan fingerprint density at radius 2 is 1.93 bits per heavy atom. The minimum absolute atomic E-state index is 0.0804. The van der Waals surface area contributed by atoms with Crippen LogP contribution in [0, 0.1) is 5.82 Å². The number of nitrogens with one attached hydrogen (secondary N) is 1. The van der Waals surface area contributed by atoms with Crippen molar-refractivity contribution in [3.8, 4) is 5.75 Å². The number of rotatable bonds is 6. The van der Waals surface area contributed by atoms with Gasteiger partial charge in [-0.05, 0) is 24.3 Å². The summed E-state index contributed by atoms with van der Waals surface area (Å²) in [5.74, 6) is 1.17. The number of hydrogen-bond donors (Lipinski definition) is 1. The summed E-state index contributed by atoms with van der Waals surface area (Å²) in [4.78, 5) is 14.5.